The molecular formula is C20H12F6N8O. The van der Waals surface area contributed by atoms with Crippen LogP contribution >= 0.6 is 0 Å². The monoisotopic (exact) mass is 494 g/mol. The van der Waals surface area contributed by atoms with Crippen molar-refractivity contribution in [3.63, 3.8) is 0 Å². The van der Waals surface area contributed by atoms with E-state index in [0.29, 0.717) is 0 Å². The van der Waals surface area contributed by atoms with Crippen LogP contribution in [0.3, 0.4) is 0 Å². The summed E-state index contributed by atoms with van der Waals surface area (Å²) in [5.41, 5.74) is -2.43. The number of methoxy groups -OCH3 is 1. The maximum Gasteiger partial charge on any atom is 0.433 e. The molecule has 0 atom stereocenters. The predicted molar refractivity (Wildman–Crippen MR) is 108 cm³/mol. The summed E-state index contributed by atoms with van der Waals surface area (Å²) >= 11 is 0. The second kappa shape index (κ2) is 9.08. The summed E-state index contributed by atoms with van der Waals surface area (Å²) in [5.74, 6) is -0.617. The Labute approximate surface area is 192 Å². The van der Waals surface area contributed by atoms with Crippen LogP contribution in [0.25, 0.3) is 22.9 Å². The molecule has 0 fully saturated rings. The Kier molecular flexibility index (Phi) is 6.15. The zero-order chi connectivity index (χ0) is 25.2. The first kappa shape index (κ1) is 23.7. The summed E-state index contributed by atoms with van der Waals surface area (Å²) in [7, 11) is 1.35. The topological polar surface area (TPSA) is 111 Å². The minimum atomic E-state index is -4.72. The van der Waals surface area contributed by atoms with Gasteiger partial charge in [-0.25, -0.2) is 19.9 Å². The number of hydrogen-bond donors (Lipinski definition) is 1. The SMILES string of the molecule is COc1ncc(-c2nc(Nc3ccnc(C(F)(F)F)c3)nc(-c3cccc(C(F)(F)F)n3)n2)cn1. The first-order chi connectivity index (χ1) is 16.5. The lowest BCUT2D eigenvalue weighted by molar-refractivity contribution is -0.141. The van der Waals surface area contributed by atoms with Crippen LogP contribution in [0.2, 0.25) is 0 Å². The standard InChI is InChI=1S/C20H12F6N8O/c1-35-18-28-8-10(9-29-18)15-32-16(12-3-2-4-13(31-12)19(21,22)23)34-17(33-15)30-11-5-6-27-14(7-11)20(24,25)26/h2-9H,1H3,(H,27,30,32,33,34). The number of nitrogens with one attached hydrogen (secondary N) is 1. The highest BCUT2D eigenvalue weighted by molar-refractivity contribution is 5.62. The fourth-order valence-electron chi connectivity index (χ4n) is 2.72. The summed E-state index contributed by atoms with van der Waals surface area (Å²) in [4.78, 5) is 27.0. The third kappa shape index (κ3) is 5.56. The van der Waals surface area contributed by atoms with Crippen molar-refractivity contribution in [1.82, 2.24) is 34.9 Å². The number of aromatic nitrogens is 7. The number of rotatable bonds is 5. The molecule has 180 valence electrons. The molecule has 35 heavy (non-hydrogen) atoms. The number of alkyl halides is 6. The smallest absolute Gasteiger partial charge is 0.433 e. The van der Waals surface area contributed by atoms with E-state index < -0.39 is 23.7 Å². The lowest BCUT2D eigenvalue weighted by Crippen LogP contribution is -2.10. The van der Waals surface area contributed by atoms with Crippen molar-refractivity contribution in [1.29, 1.82) is 0 Å². The average molecular weight is 494 g/mol. The van der Waals surface area contributed by atoms with Crippen LogP contribution in [0.4, 0.5) is 38.0 Å². The predicted octanol–water partition coefficient (Wildman–Crippen LogP) is 4.58. The number of pyridine rings is 2. The van der Waals surface area contributed by atoms with Crippen LogP contribution in [-0.4, -0.2) is 42.0 Å². The van der Waals surface area contributed by atoms with Crippen LogP contribution in [0.15, 0.2) is 48.9 Å². The van der Waals surface area contributed by atoms with Crippen LogP contribution in [0.1, 0.15) is 11.4 Å². The quantitative estimate of drug-likeness (QED) is 0.399. The van der Waals surface area contributed by atoms with Gasteiger partial charge in [0.1, 0.15) is 17.1 Å². The number of halogens is 6. The summed E-state index contributed by atoms with van der Waals surface area (Å²) in [6.45, 7) is 0. The number of nitrogens with zero attached hydrogens (tertiary/aromatic N) is 7. The van der Waals surface area contributed by atoms with Gasteiger partial charge in [-0.3, -0.25) is 4.98 Å². The molecule has 0 bridgehead atoms. The second-order valence-corrected chi connectivity index (χ2v) is 6.72. The van der Waals surface area contributed by atoms with Gasteiger partial charge in [0.15, 0.2) is 11.6 Å². The Morgan fingerprint density at radius 2 is 1.46 bits per heavy atom. The van der Waals surface area contributed by atoms with Gasteiger partial charge in [-0.05, 0) is 24.3 Å². The second-order valence-electron chi connectivity index (χ2n) is 6.72. The lowest BCUT2D eigenvalue weighted by atomic mass is 10.2. The molecule has 0 radical (unpaired) electrons. The highest BCUT2D eigenvalue weighted by Gasteiger charge is 2.33. The zero-order valence-corrected chi connectivity index (χ0v) is 17.4. The molecule has 0 amide bonds. The Morgan fingerprint density at radius 1 is 0.771 bits per heavy atom. The van der Waals surface area contributed by atoms with E-state index in [1.807, 2.05) is 0 Å². The Balaban J connectivity index is 1.80. The van der Waals surface area contributed by atoms with Crippen molar-refractivity contribution in [3.8, 4) is 28.9 Å². The third-order valence-corrected chi connectivity index (χ3v) is 4.28. The maximum absolute atomic E-state index is 13.1. The Morgan fingerprint density at radius 3 is 2.11 bits per heavy atom. The minimum Gasteiger partial charge on any atom is -0.467 e. The van der Waals surface area contributed by atoms with E-state index in [-0.39, 0.29) is 40.6 Å². The molecule has 0 unspecified atom stereocenters. The van der Waals surface area contributed by atoms with E-state index in [2.05, 4.69) is 40.2 Å². The fraction of sp³-hybridized carbons (Fsp3) is 0.150. The molecule has 0 spiro atoms. The van der Waals surface area contributed by atoms with E-state index in [1.165, 1.54) is 31.6 Å². The van der Waals surface area contributed by atoms with E-state index in [4.69, 9.17) is 4.74 Å². The van der Waals surface area contributed by atoms with Gasteiger partial charge >= 0.3 is 18.4 Å². The molecule has 9 nitrogen and oxygen atoms in total. The van der Waals surface area contributed by atoms with Gasteiger partial charge < -0.3 is 10.1 Å². The molecular weight excluding hydrogens is 482 g/mol. The van der Waals surface area contributed by atoms with Gasteiger partial charge in [-0.1, -0.05) is 6.07 Å². The van der Waals surface area contributed by atoms with E-state index in [9.17, 15) is 26.3 Å². The van der Waals surface area contributed by atoms with Gasteiger partial charge in [0.25, 0.3) is 0 Å². The molecule has 15 heteroatoms. The van der Waals surface area contributed by atoms with Gasteiger partial charge in [-0.2, -0.15) is 36.3 Å². The van der Waals surface area contributed by atoms with Crippen molar-refractivity contribution in [2.75, 3.05) is 12.4 Å². The molecule has 4 heterocycles. The average Bonchev–Trinajstić information content (AvgIpc) is 2.83. The minimum absolute atomic E-state index is 0.0392. The molecule has 4 rings (SSSR count). The first-order valence-electron chi connectivity index (χ1n) is 9.50. The lowest BCUT2D eigenvalue weighted by Gasteiger charge is -2.11. The number of hydrogen-bond acceptors (Lipinski definition) is 9. The van der Waals surface area contributed by atoms with Crippen LogP contribution in [-0.2, 0) is 12.4 Å². The van der Waals surface area contributed by atoms with E-state index >= 15 is 0 Å². The summed E-state index contributed by atoms with van der Waals surface area (Å²) in [5, 5.41) is 2.59. The van der Waals surface area contributed by atoms with Crippen LogP contribution < -0.4 is 10.1 Å². The van der Waals surface area contributed by atoms with Crippen LogP contribution in [0.5, 0.6) is 6.01 Å². The third-order valence-electron chi connectivity index (χ3n) is 4.28. The highest BCUT2D eigenvalue weighted by Crippen LogP contribution is 2.31. The van der Waals surface area contributed by atoms with Gasteiger partial charge in [0.05, 0.1) is 12.7 Å². The highest BCUT2D eigenvalue weighted by atomic mass is 19.4. The van der Waals surface area contributed by atoms with Gasteiger partial charge in [0.2, 0.25) is 5.95 Å². The van der Waals surface area contributed by atoms with Crippen molar-refractivity contribution in [2.45, 2.75) is 12.4 Å². The normalized spacial score (nSPS) is 11.9. The summed E-state index contributed by atoms with van der Waals surface area (Å²) in [6, 6.07) is 5.14. The molecule has 0 aliphatic rings. The fourth-order valence-corrected chi connectivity index (χ4v) is 2.72. The molecule has 0 saturated heterocycles. The largest absolute Gasteiger partial charge is 0.467 e. The van der Waals surface area contributed by atoms with Crippen molar-refractivity contribution < 1.29 is 31.1 Å². The maximum atomic E-state index is 13.1. The summed E-state index contributed by atoms with van der Waals surface area (Å²) < 4.78 is 83.4. The van der Waals surface area contributed by atoms with E-state index in [0.717, 1.165) is 24.4 Å². The van der Waals surface area contributed by atoms with Gasteiger partial charge in [0, 0.05) is 24.3 Å². The van der Waals surface area contributed by atoms with Crippen LogP contribution in [0, 0.1) is 0 Å². The summed E-state index contributed by atoms with van der Waals surface area (Å²) in [6.07, 6.45) is -5.90. The molecule has 4 aromatic rings. The van der Waals surface area contributed by atoms with Crippen molar-refractivity contribution in [3.05, 3.63) is 60.3 Å². The van der Waals surface area contributed by atoms with Gasteiger partial charge in [-0.15, -0.1) is 0 Å². The molecule has 0 saturated carbocycles. The molecule has 0 aromatic carbocycles. The molecule has 0 aliphatic heterocycles. The number of anilines is 2. The first-order valence-corrected chi connectivity index (χ1v) is 9.50. The zero-order valence-electron chi connectivity index (χ0n) is 17.4. The number of ether oxygens (including phenoxy) is 1. The Hall–Kier alpha value is -4.43. The van der Waals surface area contributed by atoms with Crippen molar-refractivity contribution >= 4 is 11.6 Å². The Bertz CT molecular complexity index is 1340. The molecule has 4 aromatic heterocycles. The van der Waals surface area contributed by atoms with E-state index in [1.54, 1.807) is 0 Å². The molecule has 1 N–H and O–H groups in total. The molecule has 0 aliphatic carbocycles. The van der Waals surface area contributed by atoms with Crippen molar-refractivity contribution in [2.24, 2.45) is 0 Å².